The molecule has 0 radical (unpaired) electrons. The van der Waals surface area contributed by atoms with E-state index in [1.165, 1.54) is 0 Å². The van der Waals surface area contributed by atoms with E-state index in [-0.39, 0.29) is 5.91 Å². The number of fused-ring (bicyclic) bond motifs is 7. The van der Waals surface area contributed by atoms with Crippen molar-refractivity contribution in [2.24, 2.45) is 0 Å². The summed E-state index contributed by atoms with van der Waals surface area (Å²) >= 11 is 0. The predicted molar refractivity (Wildman–Crippen MR) is 177 cm³/mol. The van der Waals surface area contributed by atoms with Crippen molar-refractivity contribution in [1.82, 2.24) is 29.1 Å². The topological polar surface area (TPSA) is 78.5 Å². The normalized spacial score (nSPS) is 13.8. The van der Waals surface area contributed by atoms with Crippen LogP contribution in [0.4, 0.5) is 0 Å². The smallest absolute Gasteiger partial charge is 0.264 e. The SMILES string of the molecule is CC1(C)c2cc3c(cc2C(=O)n2c1nc1ccccc12)c1ccccc1n3-c1nc(-c2ccccc2)nc(-c2ccccc2)n1. The van der Waals surface area contributed by atoms with Gasteiger partial charge in [-0.15, -0.1) is 0 Å². The number of nitrogens with zero attached hydrogens (tertiary/aromatic N) is 6. The molecule has 0 saturated carbocycles. The Bertz CT molecular complexity index is 2420. The van der Waals surface area contributed by atoms with Crippen LogP contribution in [-0.2, 0) is 5.41 Å². The summed E-state index contributed by atoms with van der Waals surface area (Å²) in [5, 5.41) is 1.98. The first-order chi connectivity index (χ1) is 22.0. The third kappa shape index (κ3) is 3.67. The lowest BCUT2D eigenvalue weighted by Gasteiger charge is -2.32. The molecule has 9 rings (SSSR count). The van der Waals surface area contributed by atoms with E-state index in [9.17, 15) is 4.79 Å². The largest absolute Gasteiger partial charge is 0.278 e. The molecule has 0 aliphatic carbocycles. The third-order valence-electron chi connectivity index (χ3n) is 8.93. The first-order valence-corrected chi connectivity index (χ1v) is 15.0. The van der Waals surface area contributed by atoms with Gasteiger partial charge in [0.1, 0.15) is 5.82 Å². The Kier molecular flexibility index (Phi) is 5.26. The number of carbonyl (C=O) groups is 1. The van der Waals surface area contributed by atoms with Gasteiger partial charge >= 0.3 is 0 Å². The molecule has 45 heavy (non-hydrogen) atoms. The standard InChI is InChI=1S/C38H26N6O/c1-38(2)28-22-32-26(21-27(28)35(45)44-31-20-12-10-18-29(31)39-36(38)44)25-17-9-11-19-30(25)43(32)37-41-33(23-13-5-3-6-14-23)40-34(42-37)24-15-7-4-8-16-24/h3-22H,1-2H3. The van der Waals surface area contributed by atoms with Crippen molar-refractivity contribution in [3.63, 3.8) is 0 Å². The lowest BCUT2D eigenvalue weighted by atomic mass is 9.78. The molecule has 0 saturated heterocycles. The first-order valence-electron chi connectivity index (χ1n) is 15.0. The van der Waals surface area contributed by atoms with Gasteiger partial charge in [0.05, 0.1) is 22.1 Å². The molecule has 3 aromatic heterocycles. The Morgan fingerprint density at radius 1 is 0.556 bits per heavy atom. The second-order valence-electron chi connectivity index (χ2n) is 12.0. The molecule has 5 aromatic carbocycles. The van der Waals surface area contributed by atoms with Crippen molar-refractivity contribution >= 4 is 38.7 Å². The zero-order valence-electron chi connectivity index (χ0n) is 24.6. The van der Waals surface area contributed by atoms with Gasteiger partial charge in [0, 0.05) is 32.9 Å². The number of benzene rings is 5. The van der Waals surface area contributed by atoms with Gasteiger partial charge in [0.15, 0.2) is 11.6 Å². The molecule has 0 bridgehead atoms. The van der Waals surface area contributed by atoms with Gasteiger partial charge in [0.2, 0.25) is 5.95 Å². The molecule has 0 spiro atoms. The van der Waals surface area contributed by atoms with Gasteiger partial charge in [-0.05, 0) is 49.7 Å². The van der Waals surface area contributed by atoms with Gasteiger partial charge in [-0.1, -0.05) is 91.0 Å². The van der Waals surface area contributed by atoms with Crippen LogP contribution >= 0.6 is 0 Å². The molecule has 0 unspecified atom stereocenters. The minimum Gasteiger partial charge on any atom is -0.278 e. The average molecular weight is 583 g/mol. The molecule has 1 aliphatic heterocycles. The van der Waals surface area contributed by atoms with Crippen LogP contribution in [0, 0.1) is 0 Å². The van der Waals surface area contributed by atoms with Crippen molar-refractivity contribution in [3.8, 4) is 28.7 Å². The maximum absolute atomic E-state index is 14.2. The van der Waals surface area contributed by atoms with E-state index in [0.29, 0.717) is 23.2 Å². The zero-order valence-corrected chi connectivity index (χ0v) is 24.6. The van der Waals surface area contributed by atoms with Gasteiger partial charge < -0.3 is 0 Å². The van der Waals surface area contributed by atoms with E-state index in [2.05, 4.69) is 36.6 Å². The minimum atomic E-state index is -0.540. The predicted octanol–water partition coefficient (Wildman–Crippen LogP) is 7.98. The lowest BCUT2D eigenvalue weighted by molar-refractivity contribution is 0.0948. The van der Waals surface area contributed by atoms with Crippen LogP contribution in [0.25, 0.3) is 61.6 Å². The Labute approximate surface area is 258 Å². The minimum absolute atomic E-state index is 0.0651. The molecule has 0 atom stereocenters. The van der Waals surface area contributed by atoms with E-state index < -0.39 is 5.41 Å². The van der Waals surface area contributed by atoms with E-state index in [1.54, 1.807) is 4.57 Å². The van der Waals surface area contributed by atoms with Crippen LogP contribution in [-0.4, -0.2) is 35.0 Å². The fraction of sp³-hybridized carbons (Fsp3) is 0.0789. The lowest BCUT2D eigenvalue weighted by Crippen LogP contribution is -2.35. The molecule has 4 heterocycles. The summed E-state index contributed by atoms with van der Waals surface area (Å²) in [5.74, 6) is 2.37. The first kappa shape index (κ1) is 25.5. The monoisotopic (exact) mass is 582 g/mol. The third-order valence-corrected chi connectivity index (χ3v) is 8.93. The molecule has 214 valence electrons. The number of rotatable bonds is 3. The van der Waals surface area contributed by atoms with Crippen molar-refractivity contribution in [2.45, 2.75) is 19.3 Å². The number of para-hydroxylation sites is 3. The van der Waals surface area contributed by atoms with Crippen LogP contribution < -0.4 is 0 Å². The molecule has 7 heteroatoms. The number of carbonyl (C=O) groups excluding carboxylic acids is 1. The molecule has 0 amide bonds. The van der Waals surface area contributed by atoms with Crippen LogP contribution in [0.3, 0.4) is 0 Å². The van der Waals surface area contributed by atoms with E-state index >= 15 is 0 Å². The quantitative estimate of drug-likeness (QED) is 0.211. The van der Waals surface area contributed by atoms with Gasteiger partial charge in [-0.3, -0.25) is 13.9 Å². The molecule has 8 aromatic rings. The van der Waals surface area contributed by atoms with Gasteiger partial charge in [-0.2, -0.15) is 9.97 Å². The number of hydrogen-bond acceptors (Lipinski definition) is 5. The molecule has 0 N–H and O–H groups in total. The van der Waals surface area contributed by atoms with Crippen molar-refractivity contribution in [1.29, 1.82) is 0 Å². The summed E-state index contributed by atoms with van der Waals surface area (Å²) in [5.41, 5.74) is 6.38. The molecule has 0 fully saturated rings. The highest BCUT2D eigenvalue weighted by Crippen LogP contribution is 2.43. The Morgan fingerprint density at radius 3 is 1.84 bits per heavy atom. The second-order valence-corrected chi connectivity index (χ2v) is 12.0. The van der Waals surface area contributed by atoms with Crippen LogP contribution in [0.15, 0.2) is 121 Å². The van der Waals surface area contributed by atoms with E-state index in [0.717, 1.165) is 55.4 Å². The fourth-order valence-corrected chi connectivity index (χ4v) is 6.71. The summed E-state index contributed by atoms with van der Waals surface area (Å²) in [4.78, 5) is 34.2. The number of aromatic nitrogens is 6. The zero-order chi connectivity index (χ0) is 30.3. The molecular weight excluding hydrogens is 556 g/mol. The highest BCUT2D eigenvalue weighted by molar-refractivity contribution is 6.14. The van der Waals surface area contributed by atoms with E-state index in [1.807, 2.05) is 103 Å². The van der Waals surface area contributed by atoms with Gasteiger partial charge in [0.25, 0.3) is 5.91 Å². The number of imidazole rings is 1. The maximum Gasteiger partial charge on any atom is 0.264 e. The van der Waals surface area contributed by atoms with Crippen molar-refractivity contribution < 1.29 is 4.79 Å². The Balaban J connectivity index is 1.35. The van der Waals surface area contributed by atoms with Crippen LogP contribution in [0.1, 0.15) is 35.6 Å². The summed E-state index contributed by atoms with van der Waals surface area (Å²) < 4.78 is 3.89. The highest BCUT2D eigenvalue weighted by atomic mass is 16.2. The van der Waals surface area contributed by atoms with Gasteiger partial charge in [-0.25, -0.2) is 9.97 Å². The van der Waals surface area contributed by atoms with Crippen LogP contribution in [0.5, 0.6) is 0 Å². The molecular formula is C38H26N6O. The summed E-state index contributed by atoms with van der Waals surface area (Å²) in [6.45, 7) is 4.28. The Morgan fingerprint density at radius 2 is 1.16 bits per heavy atom. The van der Waals surface area contributed by atoms with Crippen molar-refractivity contribution in [2.75, 3.05) is 0 Å². The molecule has 7 nitrogen and oxygen atoms in total. The fourth-order valence-electron chi connectivity index (χ4n) is 6.71. The molecule has 1 aliphatic rings. The van der Waals surface area contributed by atoms with Crippen molar-refractivity contribution in [3.05, 3.63) is 138 Å². The number of hydrogen-bond donors (Lipinski definition) is 0. The maximum atomic E-state index is 14.2. The second kappa shape index (κ2) is 9.27. The van der Waals surface area contributed by atoms with Crippen LogP contribution in [0.2, 0.25) is 0 Å². The summed E-state index contributed by atoms with van der Waals surface area (Å²) in [7, 11) is 0. The van der Waals surface area contributed by atoms with E-state index in [4.69, 9.17) is 19.9 Å². The Hall–Kier alpha value is -5.95. The summed E-state index contributed by atoms with van der Waals surface area (Å²) in [6, 6.07) is 40.2. The summed E-state index contributed by atoms with van der Waals surface area (Å²) in [6.07, 6.45) is 0. The highest BCUT2D eigenvalue weighted by Gasteiger charge is 2.40. The average Bonchev–Trinajstić information content (AvgIpc) is 3.64.